The smallest absolute Gasteiger partial charge is 0.355 e. The Kier molecular flexibility index (Phi) is 8.40. The van der Waals surface area contributed by atoms with Crippen LogP contribution in [0.15, 0.2) is 89.2 Å². The van der Waals surface area contributed by atoms with Gasteiger partial charge in [0.05, 0.1) is 45.6 Å². The SMILES string of the molecule is COC(=O)C1=C(C(=O)OC)[C@H](/C=C\c2ccccc2)N(c2ccccc2)C(C(=O)OC)=C1C(=O)OC. The van der Waals surface area contributed by atoms with Crippen LogP contribution in [-0.4, -0.2) is 58.4 Å². The maximum atomic E-state index is 13.2. The van der Waals surface area contributed by atoms with Gasteiger partial charge in [0.1, 0.15) is 11.3 Å². The van der Waals surface area contributed by atoms with Crippen molar-refractivity contribution in [3.05, 3.63) is 94.7 Å². The fourth-order valence-electron chi connectivity index (χ4n) is 3.86. The van der Waals surface area contributed by atoms with Gasteiger partial charge in [-0.2, -0.15) is 0 Å². The largest absolute Gasteiger partial charge is 0.466 e. The summed E-state index contributed by atoms with van der Waals surface area (Å²) in [5.41, 5.74) is -0.222. The van der Waals surface area contributed by atoms with Crippen LogP contribution in [-0.2, 0) is 38.1 Å². The van der Waals surface area contributed by atoms with Crippen molar-refractivity contribution in [2.75, 3.05) is 33.3 Å². The summed E-state index contributed by atoms with van der Waals surface area (Å²) in [5.74, 6) is -3.89. The molecule has 3 rings (SSSR count). The molecule has 0 bridgehead atoms. The molecule has 186 valence electrons. The number of ether oxygens (including phenoxy) is 4. The molecule has 0 spiro atoms. The Bertz CT molecular complexity index is 1250. The van der Waals surface area contributed by atoms with Crippen LogP contribution in [0.3, 0.4) is 0 Å². The molecule has 0 fully saturated rings. The van der Waals surface area contributed by atoms with Gasteiger partial charge in [-0.3, -0.25) is 0 Å². The summed E-state index contributed by atoms with van der Waals surface area (Å²) in [6, 6.07) is 16.7. The van der Waals surface area contributed by atoms with Crippen LogP contribution in [0.1, 0.15) is 5.56 Å². The van der Waals surface area contributed by atoms with E-state index >= 15 is 0 Å². The third-order valence-electron chi connectivity index (χ3n) is 5.44. The Morgan fingerprint density at radius 2 is 1.17 bits per heavy atom. The lowest BCUT2D eigenvalue weighted by Gasteiger charge is -2.38. The first kappa shape index (κ1) is 26.0. The number of anilines is 1. The van der Waals surface area contributed by atoms with Crippen molar-refractivity contribution in [2.45, 2.75) is 6.04 Å². The fourth-order valence-corrected chi connectivity index (χ4v) is 3.86. The van der Waals surface area contributed by atoms with Crippen molar-refractivity contribution < 1.29 is 38.1 Å². The number of para-hydroxylation sites is 1. The highest BCUT2D eigenvalue weighted by atomic mass is 16.5. The number of esters is 4. The number of rotatable bonds is 7. The molecule has 0 N–H and O–H groups in total. The molecule has 1 aliphatic rings. The van der Waals surface area contributed by atoms with Crippen molar-refractivity contribution in [1.29, 1.82) is 0 Å². The molecule has 36 heavy (non-hydrogen) atoms. The van der Waals surface area contributed by atoms with E-state index in [1.807, 2.05) is 30.3 Å². The quantitative estimate of drug-likeness (QED) is 0.427. The van der Waals surface area contributed by atoms with E-state index in [2.05, 4.69) is 0 Å². The summed E-state index contributed by atoms with van der Waals surface area (Å²) in [7, 11) is 4.46. The molecule has 2 aromatic carbocycles. The third-order valence-corrected chi connectivity index (χ3v) is 5.44. The summed E-state index contributed by atoms with van der Waals surface area (Å²) >= 11 is 0. The molecule has 0 unspecified atom stereocenters. The Morgan fingerprint density at radius 3 is 1.69 bits per heavy atom. The van der Waals surface area contributed by atoms with E-state index < -0.39 is 41.1 Å². The third kappa shape index (κ3) is 5.05. The van der Waals surface area contributed by atoms with Crippen molar-refractivity contribution in [2.24, 2.45) is 0 Å². The molecule has 0 radical (unpaired) electrons. The first-order valence-corrected chi connectivity index (χ1v) is 10.8. The first-order valence-electron chi connectivity index (χ1n) is 10.8. The van der Waals surface area contributed by atoms with Crippen molar-refractivity contribution in [3.63, 3.8) is 0 Å². The summed E-state index contributed by atoms with van der Waals surface area (Å²) in [6.45, 7) is 0. The van der Waals surface area contributed by atoms with Gasteiger partial charge >= 0.3 is 23.9 Å². The molecule has 1 heterocycles. The van der Waals surface area contributed by atoms with Gasteiger partial charge in [-0.05, 0) is 17.7 Å². The van der Waals surface area contributed by atoms with Gasteiger partial charge < -0.3 is 23.8 Å². The lowest BCUT2D eigenvalue weighted by Crippen LogP contribution is -2.46. The highest BCUT2D eigenvalue weighted by Crippen LogP contribution is 2.39. The van der Waals surface area contributed by atoms with Crippen LogP contribution < -0.4 is 4.90 Å². The lowest BCUT2D eigenvalue weighted by atomic mass is 9.86. The van der Waals surface area contributed by atoms with Crippen molar-refractivity contribution >= 4 is 35.6 Å². The number of carbonyl (C=O) groups is 4. The Balaban J connectivity index is 2.48. The average Bonchev–Trinajstić information content (AvgIpc) is 2.94. The first-order chi connectivity index (χ1) is 17.4. The van der Waals surface area contributed by atoms with Gasteiger partial charge in [0.15, 0.2) is 0 Å². The van der Waals surface area contributed by atoms with Crippen molar-refractivity contribution in [1.82, 2.24) is 0 Å². The number of hydrogen-bond acceptors (Lipinski definition) is 9. The molecule has 1 aliphatic heterocycles. The number of carbonyl (C=O) groups excluding carboxylic acids is 4. The second-order valence-corrected chi connectivity index (χ2v) is 7.40. The van der Waals surface area contributed by atoms with Crippen LogP contribution in [0.4, 0.5) is 5.69 Å². The molecule has 9 nitrogen and oxygen atoms in total. The lowest BCUT2D eigenvalue weighted by molar-refractivity contribution is -0.142. The minimum Gasteiger partial charge on any atom is -0.466 e. The van der Waals surface area contributed by atoms with E-state index in [9.17, 15) is 19.2 Å². The van der Waals surface area contributed by atoms with Crippen molar-refractivity contribution in [3.8, 4) is 0 Å². The molecule has 0 amide bonds. The summed E-state index contributed by atoms with van der Waals surface area (Å²) < 4.78 is 19.8. The Labute approximate surface area is 208 Å². The van der Waals surface area contributed by atoms with Crippen LogP contribution in [0.5, 0.6) is 0 Å². The van der Waals surface area contributed by atoms with Gasteiger partial charge in [0.25, 0.3) is 0 Å². The standard InChI is InChI=1S/C27H25NO8/c1-33-24(29)20-19(16-15-17-11-7-5-8-12-17)28(18-13-9-6-10-14-18)23(27(32)36-4)22(26(31)35-3)21(20)25(30)34-2/h5-16,19H,1-4H3/b16-15-/t19-/m0/s1. The van der Waals surface area contributed by atoms with Gasteiger partial charge in [-0.1, -0.05) is 60.7 Å². The zero-order chi connectivity index (χ0) is 26.2. The van der Waals surface area contributed by atoms with E-state index in [1.54, 1.807) is 42.5 Å². The topological polar surface area (TPSA) is 108 Å². The monoisotopic (exact) mass is 491 g/mol. The van der Waals surface area contributed by atoms with Crippen LogP contribution >= 0.6 is 0 Å². The molecule has 0 aliphatic carbocycles. The Morgan fingerprint density at radius 1 is 0.667 bits per heavy atom. The molecule has 9 heteroatoms. The zero-order valence-corrected chi connectivity index (χ0v) is 20.2. The highest BCUT2D eigenvalue weighted by molar-refractivity contribution is 6.18. The molecule has 0 saturated carbocycles. The van der Waals surface area contributed by atoms with Gasteiger partial charge in [-0.15, -0.1) is 0 Å². The Hall–Kier alpha value is -4.66. The number of benzene rings is 2. The summed E-state index contributed by atoms with van der Waals surface area (Å²) in [5, 5.41) is 0. The second kappa shape index (κ2) is 11.7. The summed E-state index contributed by atoms with van der Waals surface area (Å²) in [4.78, 5) is 53.8. The minimum atomic E-state index is -1.07. The maximum absolute atomic E-state index is 13.2. The van der Waals surface area contributed by atoms with E-state index in [-0.39, 0.29) is 11.3 Å². The minimum absolute atomic E-state index is 0.214. The maximum Gasteiger partial charge on any atom is 0.355 e. The average molecular weight is 491 g/mol. The van der Waals surface area contributed by atoms with E-state index in [4.69, 9.17) is 18.9 Å². The molecule has 1 atom stereocenters. The molecular weight excluding hydrogens is 466 g/mol. The van der Waals surface area contributed by atoms with Crippen LogP contribution in [0.25, 0.3) is 6.08 Å². The molecular formula is C27H25NO8. The summed E-state index contributed by atoms with van der Waals surface area (Å²) in [6.07, 6.45) is 3.34. The fraction of sp³-hybridized carbons (Fsp3) is 0.185. The van der Waals surface area contributed by atoms with E-state index in [0.29, 0.717) is 5.69 Å². The van der Waals surface area contributed by atoms with E-state index in [0.717, 1.165) is 34.0 Å². The van der Waals surface area contributed by atoms with Gasteiger partial charge in [-0.25, -0.2) is 19.2 Å². The normalized spacial score (nSPS) is 15.6. The van der Waals surface area contributed by atoms with Gasteiger partial charge in [0, 0.05) is 5.69 Å². The van der Waals surface area contributed by atoms with Gasteiger partial charge in [0.2, 0.25) is 0 Å². The van der Waals surface area contributed by atoms with Crippen LogP contribution in [0, 0.1) is 0 Å². The number of hydrogen-bond donors (Lipinski definition) is 0. The molecule has 0 aromatic heterocycles. The molecule has 2 aromatic rings. The number of nitrogens with zero attached hydrogens (tertiary/aromatic N) is 1. The second-order valence-electron chi connectivity index (χ2n) is 7.40. The predicted octanol–water partition coefficient (Wildman–Crippen LogP) is 2.83. The van der Waals surface area contributed by atoms with Crippen LogP contribution in [0.2, 0.25) is 0 Å². The zero-order valence-electron chi connectivity index (χ0n) is 20.2. The van der Waals surface area contributed by atoms with E-state index in [1.165, 1.54) is 4.90 Å². The number of methoxy groups -OCH3 is 4. The predicted molar refractivity (Wildman–Crippen MR) is 130 cm³/mol. The molecule has 0 saturated heterocycles. The highest BCUT2D eigenvalue weighted by Gasteiger charge is 2.46.